The second kappa shape index (κ2) is 3.88. The lowest BCUT2D eigenvalue weighted by Crippen LogP contribution is -2.41. The lowest BCUT2D eigenvalue weighted by Gasteiger charge is -2.21. The first-order valence-corrected chi connectivity index (χ1v) is 4.91. The van der Waals surface area contributed by atoms with Crippen molar-refractivity contribution in [2.24, 2.45) is 7.05 Å². The van der Waals surface area contributed by atoms with Crippen LogP contribution in [0, 0.1) is 0 Å². The van der Waals surface area contributed by atoms with Gasteiger partial charge in [-0.25, -0.2) is 4.68 Å². The van der Waals surface area contributed by atoms with Crippen molar-refractivity contribution in [3.63, 3.8) is 0 Å². The number of rotatable bonds is 2. The third kappa shape index (κ3) is 1.68. The number of hydrogen-bond acceptors (Lipinski definition) is 4. The van der Waals surface area contributed by atoms with Crippen LogP contribution in [0.3, 0.4) is 0 Å². The molecule has 1 aromatic heterocycles. The highest BCUT2D eigenvalue weighted by Crippen LogP contribution is 2.11. The molecule has 5 nitrogen and oxygen atoms in total. The SMILES string of the molecule is Cn1nncc1C(=O)C1CCCCN1. The molecule has 0 aromatic carbocycles. The summed E-state index contributed by atoms with van der Waals surface area (Å²) in [7, 11) is 1.74. The first-order valence-electron chi connectivity index (χ1n) is 4.91. The number of piperidine rings is 1. The van der Waals surface area contributed by atoms with Gasteiger partial charge >= 0.3 is 0 Å². The summed E-state index contributed by atoms with van der Waals surface area (Å²) in [5, 5.41) is 10.7. The van der Waals surface area contributed by atoms with Crippen LogP contribution in [0.1, 0.15) is 29.8 Å². The van der Waals surface area contributed by atoms with Crippen molar-refractivity contribution in [2.45, 2.75) is 25.3 Å². The Hall–Kier alpha value is -1.23. The van der Waals surface area contributed by atoms with Gasteiger partial charge in [-0.15, -0.1) is 5.10 Å². The van der Waals surface area contributed by atoms with E-state index in [4.69, 9.17) is 0 Å². The van der Waals surface area contributed by atoms with Crippen molar-refractivity contribution < 1.29 is 4.79 Å². The molecule has 0 aliphatic carbocycles. The molecule has 0 bridgehead atoms. The maximum absolute atomic E-state index is 11.9. The summed E-state index contributed by atoms with van der Waals surface area (Å²) in [6.45, 7) is 0.932. The van der Waals surface area contributed by atoms with Crippen LogP contribution >= 0.6 is 0 Å². The number of carbonyl (C=O) groups excluding carboxylic acids is 1. The Morgan fingerprint density at radius 2 is 2.50 bits per heavy atom. The summed E-state index contributed by atoms with van der Waals surface area (Å²) in [6.07, 6.45) is 4.73. The van der Waals surface area contributed by atoms with Crippen LogP contribution in [-0.2, 0) is 7.05 Å². The zero-order valence-electron chi connectivity index (χ0n) is 8.23. The van der Waals surface area contributed by atoms with Crippen LogP contribution < -0.4 is 5.32 Å². The van der Waals surface area contributed by atoms with Crippen molar-refractivity contribution in [1.29, 1.82) is 0 Å². The van der Waals surface area contributed by atoms with E-state index in [0.717, 1.165) is 25.8 Å². The lowest BCUT2D eigenvalue weighted by atomic mass is 10.00. The fraction of sp³-hybridized carbons (Fsp3) is 0.667. The van der Waals surface area contributed by atoms with Crippen molar-refractivity contribution in [1.82, 2.24) is 20.3 Å². The molecule has 1 aliphatic heterocycles. The van der Waals surface area contributed by atoms with E-state index < -0.39 is 0 Å². The quantitative estimate of drug-likeness (QED) is 0.680. The zero-order valence-corrected chi connectivity index (χ0v) is 8.23. The third-order valence-corrected chi connectivity index (χ3v) is 2.59. The Bertz CT molecular complexity index is 327. The van der Waals surface area contributed by atoms with Crippen LogP contribution in [0.4, 0.5) is 0 Å². The van der Waals surface area contributed by atoms with Crippen molar-refractivity contribution in [3.8, 4) is 0 Å². The molecule has 14 heavy (non-hydrogen) atoms. The van der Waals surface area contributed by atoms with E-state index in [1.165, 1.54) is 10.9 Å². The van der Waals surface area contributed by atoms with Gasteiger partial charge in [0.15, 0.2) is 5.78 Å². The van der Waals surface area contributed by atoms with Crippen molar-refractivity contribution >= 4 is 5.78 Å². The van der Waals surface area contributed by atoms with Crippen LogP contribution in [-0.4, -0.2) is 33.4 Å². The molecule has 76 valence electrons. The number of aromatic nitrogens is 3. The van der Waals surface area contributed by atoms with Crippen LogP contribution in [0.15, 0.2) is 6.20 Å². The normalized spacial score (nSPS) is 22.2. The van der Waals surface area contributed by atoms with Crippen LogP contribution in [0.25, 0.3) is 0 Å². The summed E-state index contributed by atoms with van der Waals surface area (Å²) in [4.78, 5) is 11.9. The number of hydrogen-bond donors (Lipinski definition) is 1. The van der Waals surface area contributed by atoms with E-state index in [-0.39, 0.29) is 11.8 Å². The van der Waals surface area contributed by atoms with Gasteiger partial charge < -0.3 is 5.32 Å². The molecule has 0 radical (unpaired) electrons. The Labute approximate surface area is 82.5 Å². The largest absolute Gasteiger partial charge is 0.307 e. The Morgan fingerprint density at radius 3 is 3.07 bits per heavy atom. The van der Waals surface area contributed by atoms with Crippen molar-refractivity contribution in [3.05, 3.63) is 11.9 Å². The molecule has 0 spiro atoms. The van der Waals surface area contributed by atoms with Crippen molar-refractivity contribution in [2.75, 3.05) is 6.54 Å². The maximum Gasteiger partial charge on any atom is 0.199 e. The van der Waals surface area contributed by atoms with E-state index in [9.17, 15) is 4.79 Å². The maximum atomic E-state index is 11.9. The summed E-state index contributed by atoms with van der Waals surface area (Å²) in [6, 6.07) is -0.0408. The molecule has 1 atom stereocenters. The van der Waals surface area contributed by atoms with Gasteiger partial charge in [0.05, 0.1) is 12.2 Å². The monoisotopic (exact) mass is 194 g/mol. The first kappa shape index (κ1) is 9.33. The molecular formula is C9H14N4O. The summed E-state index contributed by atoms with van der Waals surface area (Å²) < 4.78 is 1.53. The third-order valence-electron chi connectivity index (χ3n) is 2.59. The first-order chi connectivity index (χ1) is 6.79. The summed E-state index contributed by atoms with van der Waals surface area (Å²) >= 11 is 0. The molecule has 0 saturated carbocycles. The van der Waals surface area contributed by atoms with E-state index in [0.29, 0.717) is 5.69 Å². The van der Waals surface area contributed by atoms with Gasteiger partial charge in [-0.05, 0) is 19.4 Å². The van der Waals surface area contributed by atoms with Gasteiger partial charge in [-0.3, -0.25) is 4.79 Å². The highest BCUT2D eigenvalue weighted by Gasteiger charge is 2.24. The Morgan fingerprint density at radius 1 is 1.64 bits per heavy atom. The average molecular weight is 194 g/mol. The van der Waals surface area contributed by atoms with Gasteiger partial charge in [0.1, 0.15) is 5.69 Å². The minimum Gasteiger partial charge on any atom is -0.307 e. The molecule has 1 saturated heterocycles. The van der Waals surface area contributed by atoms with Gasteiger partial charge in [0, 0.05) is 7.05 Å². The number of Topliss-reactive ketones (excluding diaryl/α,β-unsaturated/α-hetero) is 1. The second-order valence-corrected chi connectivity index (χ2v) is 3.61. The van der Waals surface area contributed by atoms with Gasteiger partial charge in [0.25, 0.3) is 0 Å². The molecule has 2 heterocycles. The van der Waals surface area contributed by atoms with E-state index in [2.05, 4.69) is 15.6 Å². The fourth-order valence-corrected chi connectivity index (χ4v) is 1.77. The molecular weight excluding hydrogens is 180 g/mol. The van der Waals surface area contributed by atoms with Gasteiger partial charge in [0.2, 0.25) is 0 Å². The number of ketones is 1. The molecule has 1 unspecified atom stereocenters. The number of carbonyl (C=O) groups is 1. The average Bonchev–Trinajstić information content (AvgIpc) is 2.65. The predicted octanol–water partition coefficient (Wildman–Crippen LogP) is 0.140. The molecule has 5 heteroatoms. The summed E-state index contributed by atoms with van der Waals surface area (Å²) in [5.74, 6) is 0.109. The highest BCUT2D eigenvalue weighted by molar-refractivity contribution is 5.98. The predicted molar refractivity (Wildman–Crippen MR) is 51.0 cm³/mol. The molecule has 1 N–H and O–H groups in total. The molecule has 2 rings (SSSR count). The number of aryl methyl sites for hydroxylation is 1. The fourth-order valence-electron chi connectivity index (χ4n) is 1.77. The minimum atomic E-state index is -0.0408. The molecule has 1 aromatic rings. The van der Waals surface area contributed by atoms with Crippen LogP contribution in [0.5, 0.6) is 0 Å². The highest BCUT2D eigenvalue weighted by atomic mass is 16.1. The van der Waals surface area contributed by atoms with E-state index in [1.807, 2.05) is 0 Å². The minimum absolute atomic E-state index is 0.0408. The van der Waals surface area contributed by atoms with Gasteiger partial charge in [-0.1, -0.05) is 11.6 Å². The van der Waals surface area contributed by atoms with Crippen LogP contribution in [0.2, 0.25) is 0 Å². The summed E-state index contributed by atoms with van der Waals surface area (Å²) in [5.41, 5.74) is 0.587. The van der Waals surface area contributed by atoms with E-state index in [1.54, 1.807) is 7.05 Å². The van der Waals surface area contributed by atoms with Gasteiger partial charge in [-0.2, -0.15) is 0 Å². The standard InChI is InChI=1S/C9H14N4O/c1-13-8(6-11-12-13)9(14)7-4-2-3-5-10-7/h6-7,10H,2-5H2,1H3. The zero-order chi connectivity index (χ0) is 9.97. The smallest absolute Gasteiger partial charge is 0.199 e. The number of nitrogens with zero attached hydrogens (tertiary/aromatic N) is 3. The topological polar surface area (TPSA) is 59.8 Å². The Balaban J connectivity index is 2.11. The van der Waals surface area contributed by atoms with E-state index >= 15 is 0 Å². The second-order valence-electron chi connectivity index (χ2n) is 3.61. The molecule has 1 aliphatic rings. The lowest BCUT2D eigenvalue weighted by molar-refractivity contribution is 0.0917. The Kier molecular flexibility index (Phi) is 2.58. The number of nitrogens with one attached hydrogen (secondary N) is 1. The molecule has 0 amide bonds. The molecule has 1 fully saturated rings.